The molecule has 4 aromatic heterocycles. The van der Waals surface area contributed by atoms with Crippen LogP contribution in [0.25, 0.3) is 151 Å². The minimum absolute atomic E-state index is 0.859. The van der Waals surface area contributed by atoms with Crippen molar-refractivity contribution >= 4 is 140 Å². The van der Waals surface area contributed by atoms with Crippen LogP contribution >= 0.6 is 11.3 Å². The summed E-state index contributed by atoms with van der Waals surface area (Å²) in [5.41, 5.74) is 8.67. The fourth-order valence-electron chi connectivity index (χ4n) is 11.9. The number of hydrogen-bond donors (Lipinski definition) is 0. The zero-order valence-electron chi connectivity index (χ0n) is 36.5. The van der Waals surface area contributed by atoms with Crippen LogP contribution in [0.2, 0.25) is 0 Å². The van der Waals surface area contributed by atoms with E-state index in [1.165, 1.54) is 118 Å². The second-order valence-corrected chi connectivity index (χ2v) is 19.4. The zero-order valence-corrected chi connectivity index (χ0v) is 37.3. The molecule has 4 heterocycles. The van der Waals surface area contributed by atoms with Crippen LogP contribution in [0.5, 0.6) is 0 Å². The van der Waals surface area contributed by atoms with Gasteiger partial charge in [-0.2, -0.15) is 0 Å². The quantitative estimate of drug-likeness (QED) is 0.162. The Bertz CT molecular complexity index is 4490. The van der Waals surface area contributed by atoms with E-state index in [9.17, 15) is 0 Å². The fourth-order valence-corrected chi connectivity index (χ4v) is 13.2. The lowest BCUT2D eigenvalue weighted by atomic mass is 9.94. The summed E-state index contributed by atoms with van der Waals surface area (Å²) >= 11 is 1.88. The number of thiophene rings is 1. The first-order valence-electron chi connectivity index (χ1n) is 23.3. The summed E-state index contributed by atoms with van der Waals surface area (Å²) in [5.74, 6) is 0. The van der Waals surface area contributed by atoms with Crippen LogP contribution in [0, 0.1) is 0 Å². The van der Waals surface area contributed by atoms with Gasteiger partial charge in [0.2, 0.25) is 5.71 Å². The van der Waals surface area contributed by atoms with Crippen molar-refractivity contribution < 1.29 is 4.42 Å². The predicted molar refractivity (Wildman–Crippen MR) is 291 cm³/mol. The minimum atomic E-state index is 0.859. The Morgan fingerprint density at radius 2 is 0.706 bits per heavy atom. The number of aromatic nitrogens is 2. The Labute approximate surface area is 392 Å². The van der Waals surface area contributed by atoms with Gasteiger partial charge in [-0.25, -0.2) is 0 Å². The van der Waals surface area contributed by atoms with E-state index < -0.39 is 0 Å². The van der Waals surface area contributed by atoms with Gasteiger partial charge in [0.05, 0.1) is 16.4 Å². The van der Waals surface area contributed by atoms with Crippen molar-refractivity contribution in [3.05, 3.63) is 218 Å². The Kier molecular flexibility index (Phi) is 7.22. The summed E-state index contributed by atoms with van der Waals surface area (Å²) in [6.45, 7) is 0. The Hall–Kier alpha value is -8.70. The number of fused-ring (bicyclic) bond motifs is 22. The summed E-state index contributed by atoms with van der Waals surface area (Å²) in [6.07, 6.45) is 0. The van der Waals surface area contributed by atoms with Gasteiger partial charge in [0.1, 0.15) is 10.4 Å². The molecule has 3 nitrogen and oxygen atoms in total. The topological polar surface area (TPSA) is 23.0 Å². The van der Waals surface area contributed by atoms with E-state index in [2.05, 4.69) is 228 Å². The highest BCUT2D eigenvalue weighted by Gasteiger charge is 2.23. The van der Waals surface area contributed by atoms with Gasteiger partial charge in [0.15, 0.2) is 0 Å². The molecular formula is C64H36N2OS. The van der Waals surface area contributed by atoms with Gasteiger partial charge < -0.3 is 8.98 Å². The average Bonchev–Trinajstić information content (AvgIpc) is 4.15. The third-order valence-corrected chi connectivity index (χ3v) is 16.0. The third kappa shape index (κ3) is 4.86. The lowest BCUT2D eigenvalue weighted by Crippen LogP contribution is -1.94. The largest absolute Gasteiger partial charge is 0.439 e. The van der Waals surface area contributed by atoms with E-state index >= 15 is 0 Å². The summed E-state index contributed by atoms with van der Waals surface area (Å²) in [4.78, 5) is 1.26. The van der Waals surface area contributed by atoms with Crippen LogP contribution in [-0.2, 0) is 0 Å². The van der Waals surface area contributed by atoms with Crippen molar-refractivity contribution in [2.45, 2.75) is 0 Å². The second-order valence-electron chi connectivity index (χ2n) is 18.3. The molecule has 4 heteroatoms. The number of rotatable bonds is 3. The van der Waals surface area contributed by atoms with Crippen LogP contribution in [0.3, 0.4) is 0 Å². The normalized spacial score (nSPS) is 12.4. The molecule has 314 valence electrons. The van der Waals surface area contributed by atoms with Crippen LogP contribution in [0.15, 0.2) is 223 Å². The van der Waals surface area contributed by atoms with E-state index in [4.69, 9.17) is 4.42 Å². The van der Waals surface area contributed by atoms with Crippen molar-refractivity contribution in [1.29, 1.82) is 0 Å². The maximum Gasteiger partial charge on any atom is 0.213 e. The molecule has 0 amide bonds. The molecule has 0 saturated heterocycles. The molecule has 0 aliphatic heterocycles. The molecule has 0 N–H and O–H groups in total. The number of benzene rings is 12. The molecular weight excluding hydrogens is 845 g/mol. The first-order chi connectivity index (χ1) is 33.7. The average molecular weight is 881 g/mol. The maximum atomic E-state index is 6.85. The number of hydrogen-bond acceptors (Lipinski definition) is 2. The van der Waals surface area contributed by atoms with Crippen molar-refractivity contribution in [1.82, 2.24) is 9.13 Å². The van der Waals surface area contributed by atoms with Gasteiger partial charge in [-0.1, -0.05) is 158 Å². The maximum absolute atomic E-state index is 6.85. The van der Waals surface area contributed by atoms with Gasteiger partial charge in [0, 0.05) is 43.0 Å². The van der Waals surface area contributed by atoms with E-state index in [0.717, 1.165) is 33.3 Å². The van der Waals surface area contributed by atoms with Gasteiger partial charge in [0.25, 0.3) is 0 Å². The molecule has 16 rings (SSSR count). The fraction of sp³-hybridized carbons (Fsp3) is 0. The summed E-state index contributed by atoms with van der Waals surface area (Å²) in [7, 11) is 0. The lowest BCUT2D eigenvalue weighted by Gasteiger charge is -2.14. The van der Waals surface area contributed by atoms with Crippen molar-refractivity contribution in [3.63, 3.8) is 0 Å². The van der Waals surface area contributed by atoms with Gasteiger partial charge >= 0.3 is 0 Å². The van der Waals surface area contributed by atoms with E-state index in [1.54, 1.807) is 0 Å². The molecule has 0 bridgehead atoms. The van der Waals surface area contributed by atoms with Gasteiger partial charge in [-0.15, -0.1) is 11.3 Å². The van der Waals surface area contributed by atoms with Crippen molar-refractivity contribution in [2.75, 3.05) is 0 Å². The van der Waals surface area contributed by atoms with Crippen LogP contribution in [0.1, 0.15) is 0 Å². The SMILES string of the molecule is c1ccc2c(c1)oc1c2c2cc(-c3ccc4c(c3)c3c5ccccc5sc3n4-c3ccc4c5ccccc5c5ccccc5c4c3)ccc2n1-c1ccc2c3ccccc3c3ccccc3c2c1. The lowest BCUT2D eigenvalue weighted by molar-refractivity contribution is 0.645. The molecule has 12 aromatic carbocycles. The predicted octanol–water partition coefficient (Wildman–Crippen LogP) is 18.4. The highest BCUT2D eigenvalue weighted by Crippen LogP contribution is 2.47. The highest BCUT2D eigenvalue weighted by atomic mass is 32.1. The molecule has 16 aromatic rings. The molecule has 0 spiro atoms. The summed E-state index contributed by atoms with van der Waals surface area (Å²) < 4.78 is 13.0. The second kappa shape index (κ2) is 13.4. The number of nitrogens with zero attached hydrogens (tertiary/aromatic N) is 2. The van der Waals surface area contributed by atoms with Crippen molar-refractivity contribution in [2.24, 2.45) is 0 Å². The molecule has 0 aliphatic rings. The smallest absolute Gasteiger partial charge is 0.213 e. The van der Waals surface area contributed by atoms with Crippen LogP contribution in [-0.4, -0.2) is 9.13 Å². The molecule has 0 radical (unpaired) electrons. The number of furan rings is 1. The third-order valence-electron chi connectivity index (χ3n) is 14.9. The standard InChI is InChI=1S/C64H36N2OS/c1-3-17-45-41(13-1)43-15-5-7-19-47(43)53-35-39(27-29-49(45)53)65-57-31-25-37(33-55(57)61-51-21-9-11-23-59(51)67-63(61)65)38-26-32-58-56(34-38)62-52-22-10-12-24-60(52)68-64(62)66(58)40-28-30-50-46-18-4-2-14-42(46)44-16-6-8-20-48(44)54(50)36-40/h1-36H. The van der Waals surface area contributed by atoms with Crippen LogP contribution < -0.4 is 0 Å². The highest BCUT2D eigenvalue weighted by molar-refractivity contribution is 7.25. The molecule has 0 saturated carbocycles. The molecule has 0 aliphatic carbocycles. The first kappa shape index (κ1) is 36.5. The van der Waals surface area contributed by atoms with Crippen LogP contribution in [0.4, 0.5) is 0 Å². The Morgan fingerprint density at radius 1 is 0.294 bits per heavy atom. The van der Waals surface area contributed by atoms with E-state index in [1.807, 2.05) is 11.3 Å². The summed E-state index contributed by atoms with van der Waals surface area (Å²) in [6, 6.07) is 80.7. The zero-order chi connectivity index (χ0) is 44.2. The molecule has 68 heavy (non-hydrogen) atoms. The molecule has 0 unspecified atom stereocenters. The van der Waals surface area contributed by atoms with E-state index in [-0.39, 0.29) is 0 Å². The Balaban J connectivity index is 0.921. The van der Waals surface area contributed by atoms with Gasteiger partial charge in [-0.3, -0.25) is 4.57 Å². The molecule has 0 fully saturated rings. The summed E-state index contributed by atoms with van der Waals surface area (Å²) in [5, 5.41) is 22.5. The van der Waals surface area contributed by atoms with Crippen molar-refractivity contribution in [3.8, 4) is 22.5 Å². The first-order valence-corrected chi connectivity index (χ1v) is 24.1. The number of para-hydroxylation sites is 1. The minimum Gasteiger partial charge on any atom is -0.439 e. The Morgan fingerprint density at radius 3 is 1.25 bits per heavy atom. The van der Waals surface area contributed by atoms with E-state index in [0.29, 0.717) is 0 Å². The van der Waals surface area contributed by atoms with Gasteiger partial charge in [-0.05, 0) is 136 Å². The monoisotopic (exact) mass is 880 g/mol. The molecule has 0 atom stereocenters.